The molecule has 0 radical (unpaired) electrons. The van der Waals surface area contributed by atoms with E-state index in [1.807, 2.05) is 17.5 Å². The maximum Gasteiger partial charge on any atom is 0.335 e. The first kappa shape index (κ1) is 20.8. The molecule has 0 bridgehead atoms. The highest BCUT2D eigenvalue weighted by atomic mass is 32.2. The van der Waals surface area contributed by atoms with Crippen LogP contribution in [0.4, 0.5) is 5.69 Å². The molecule has 0 aliphatic rings. The van der Waals surface area contributed by atoms with E-state index in [4.69, 9.17) is 9.84 Å². The average molecular weight is 425 g/mol. The predicted molar refractivity (Wildman–Crippen MR) is 118 cm³/mol. The molecule has 5 nitrogen and oxygen atoms in total. The molecule has 3 aromatic rings. The lowest BCUT2D eigenvalue weighted by Crippen LogP contribution is -1.99. The van der Waals surface area contributed by atoms with Crippen LogP contribution in [0.2, 0.25) is 0 Å². The van der Waals surface area contributed by atoms with Crippen molar-refractivity contribution in [3.05, 3.63) is 69.5 Å². The summed E-state index contributed by atoms with van der Waals surface area (Å²) in [6.07, 6.45) is 0. The molecule has 0 aliphatic heterocycles. The van der Waals surface area contributed by atoms with E-state index in [-0.39, 0.29) is 5.56 Å². The van der Waals surface area contributed by atoms with Crippen LogP contribution < -0.4 is 9.46 Å². The Kier molecular flexibility index (Phi) is 6.81. The summed E-state index contributed by atoms with van der Waals surface area (Å²) in [4.78, 5) is 15.6. The summed E-state index contributed by atoms with van der Waals surface area (Å²) >= 11 is 2.79. The Hall–Kier alpha value is -2.95. The third kappa shape index (κ3) is 5.53. The third-order valence-electron chi connectivity index (χ3n) is 4.09. The lowest BCUT2D eigenvalue weighted by atomic mass is 10.0. The van der Waals surface area contributed by atoms with Gasteiger partial charge in [-0.1, -0.05) is 31.9 Å². The number of hydrogen-bond acceptors (Lipinski definition) is 6. The largest absolute Gasteiger partial charge is 0.495 e. The lowest BCUT2D eigenvalue weighted by molar-refractivity contribution is 0.0696. The molecule has 0 spiro atoms. The van der Waals surface area contributed by atoms with E-state index in [0.29, 0.717) is 17.4 Å². The van der Waals surface area contributed by atoms with Crippen molar-refractivity contribution in [2.75, 3.05) is 11.8 Å². The van der Waals surface area contributed by atoms with Crippen LogP contribution in [0.5, 0.6) is 5.75 Å². The fourth-order valence-corrected chi connectivity index (χ4v) is 3.90. The summed E-state index contributed by atoms with van der Waals surface area (Å²) in [5.41, 5.74) is 3.10. The second kappa shape index (κ2) is 9.50. The number of hydrogen-bond donors (Lipinski definition) is 2. The van der Waals surface area contributed by atoms with E-state index >= 15 is 0 Å². The van der Waals surface area contributed by atoms with E-state index in [2.05, 4.69) is 47.5 Å². The van der Waals surface area contributed by atoms with E-state index in [1.165, 1.54) is 48.1 Å². The molecule has 0 unspecified atom stereocenters. The van der Waals surface area contributed by atoms with Gasteiger partial charge in [-0.3, -0.25) is 0 Å². The number of anilines is 1. The zero-order chi connectivity index (χ0) is 20.8. The first-order chi connectivity index (χ1) is 14.0. The maximum absolute atomic E-state index is 11.1. The van der Waals surface area contributed by atoms with Crippen molar-refractivity contribution in [3.8, 4) is 17.6 Å². The number of aromatic carboxylic acids is 1. The summed E-state index contributed by atoms with van der Waals surface area (Å²) in [5.74, 6) is 6.20. The molecule has 0 amide bonds. The summed E-state index contributed by atoms with van der Waals surface area (Å²) in [6, 6.07) is 12.9. The van der Waals surface area contributed by atoms with Crippen molar-refractivity contribution in [2.45, 2.75) is 24.8 Å². The molecule has 1 heterocycles. The Morgan fingerprint density at radius 3 is 2.62 bits per heavy atom. The minimum atomic E-state index is -0.996. The van der Waals surface area contributed by atoms with Crippen LogP contribution in [-0.4, -0.2) is 23.2 Å². The van der Waals surface area contributed by atoms with Crippen molar-refractivity contribution in [3.63, 3.8) is 0 Å². The zero-order valence-electron chi connectivity index (χ0n) is 16.2. The number of ether oxygens (including phenoxy) is 1. The van der Waals surface area contributed by atoms with Gasteiger partial charge in [0.25, 0.3) is 0 Å². The third-order valence-corrected chi connectivity index (χ3v) is 5.74. The molecule has 2 aromatic carbocycles. The van der Waals surface area contributed by atoms with Gasteiger partial charge in [-0.25, -0.2) is 9.78 Å². The lowest BCUT2D eigenvalue weighted by Gasteiger charge is -2.10. The number of carboxylic acids is 1. The van der Waals surface area contributed by atoms with E-state index in [0.717, 1.165) is 15.6 Å². The van der Waals surface area contributed by atoms with Crippen LogP contribution in [-0.2, 0) is 0 Å². The molecule has 0 saturated carbocycles. The Bertz CT molecular complexity index is 1060. The van der Waals surface area contributed by atoms with Crippen molar-refractivity contribution in [2.24, 2.45) is 0 Å². The fraction of sp³-hybridized carbons (Fsp3) is 0.182. The van der Waals surface area contributed by atoms with Gasteiger partial charge in [0.15, 0.2) is 5.01 Å². The highest BCUT2D eigenvalue weighted by Gasteiger charge is 2.10. The monoisotopic (exact) mass is 424 g/mol. The number of rotatable bonds is 6. The second-order valence-electron chi connectivity index (χ2n) is 6.44. The topological polar surface area (TPSA) is 71.5 Å². The molecule has 2 N–H and O–H groups in total. The molecular formula is C22H20N2O3S2. The van der Waals surface area contributed by atoms with E-state index in [1.54, 1.807) is 6.07 Å². The number of aromatic nitrogens is 1. The molecule has 148 valence electrons. The summed E-state index contributed by atoms with van der Waals surface area (Å²) in [5, 5.41) is 12.5. The van der Waals surface area contributed by atoms with Gasteiger partial charge in [0.2, 0.25) is 0 Å². The predicted octanol–water partition coefficient (Wildman–Crippen LogP) is 5.49. The van der Waals surface area contributed by atoms with Gasteiger partial charge < -0.3 is 14.6 Å². The molecule has 3 rings (SSSR count). The standard InChI is InChI=1S/C22H20N2O3S2/c1-14(2)16-7-4-15(5-8-16)6-11-20-23-21(13-28-20)29-24-18-10-9-17(22(25)26)12-19(18)27-3/h4-5,7-10,12-14,24H,1-3H3,(H,25,26). The summed E-state index contributed by atoms with van der Waals surface area (Å²) in [7, 11) is 1.50. The van der Waals surface area contributed by atoms with Crippen LogP contribution in [0.3, 0.4) is 0 Å². The van der Waals surface area contributed by atoms with Crippen molar-refractivity contribution >= 4 is 34.9 Å². The van der Waals surface area contributed by atoms with Gasteiger partial charge in [0, 0.05) is 22.9 Å². The van der Waals surface area contributed by atoms with Crippen molar-refractivity contribution in [1.82, 2.24) is 4.98 Å². The van der Waals surface area contributed by atoms with Crippen LogP contribution in [0.1, 0.15) is 46.3 Å². The molecule has 0 saturated heterocycles. The number of nitrogens with one attached hydrogen (secondary N) is 1. The molecule has 29 heavy (non-hydrogen) atoms. The maximum atomic E-state index is 11.1. The van der Waals surface area contributed by atoms with Crippen molar-refractivity contribution < 1.29 is 14.6 Å². The van der Waals surface area contributed by atoms with Crippen LogP contribution >= 0.6 is 23.3 Å². The highest BCUT2D eigenvalue weighted by Crippen LogP contribution is 2.30. The number of nitrogens with zero attached hydrogens (tertiary/aromatic N) is 1. The Morgan fingerprint density at radius 1 is 1.21 bits per heavy atom. The van der Waals surface area contributed by atoms with Gasteiger partial charge in [0.1, 0.15) is 10.8 Å². The van der Waals surface area contributed by atoms with Gasteiger partial charge >= 0.3 is 5.97 Å². The number of carbonyl (C=O) groups is 1. The van der Waals surface area contributed by atoms with Crippen molar-refractivity contribution in [1.29, 1.82) is 0 Å². The van der Waals surface area contributed by atoms with E-state index in [9.17, 15) is 4.79 Å². The number of carboxylic acid groups (broad SMARTS) is 1. The quantitative estimate of drug-likeness (QED) is 0.403. The number of thiazole rings is 1. The molecule has 0 aliphatic carbocycles. The smallest absolute Gasteiger partial charge is 0.335 e. The fourth-order valence-electron chi connectivity index (χ4n) is 2.46. The van der Waals surface area contributed by atoms with Gasteiger partial charge in [0.05, 0.1) is 18.4 Å². The SMILES string of the molecule is COc1cc(C(=O)O)ccc1NSc1csc(C#Cc2ccc(C(C)C)cc2)n1. The molecule has 0 atom stereocenters. The average Bonchev–Trinajstić information content (AvgIpc) is 3.18. The van der Waals surface area contributed by atoms with Crippen LogP contribution in [0, 0.1) is 11.8 Å². The first-order valence-corrected chi connectivity index (χ1v) is 10.6. The second-order valence-corrected chi connectivity index (χ2v) is 8.13. The van der Waals surface area contributed by atoms with E-state index < -0.39 is 5.97 Å². The minimum absolute atomic E-state index is 0.171. The molecule has 0 fully saturated rings. The van der Waals surface area contributed by atoms with Crippen LogP contribution in [0.25, 0.3) is 0 Å². The molecular weight excluding hydrogens is 404 g/mol. The van der Waals surface area contributed by atoms with Gasteiger partial charge in [-0.15, -0.1) is 11.3 Å². The summed E-state index contributed by atoms with van der Waals surface area (Å²) in [6.45, 7) is 4.33. The Labute approximate surface area is 178 Å². The highest BCUT2D eigenvalue weighted by molar-refractivity contribution is 8.00. The Balaban J connectivity index is 1.65. The normalized spacial score (nSPS) is 10.3. The molecule has 7 heteroatoms. The number of methoxy groups -OCH3 is 1. The number of benzene rings is 2. The molecule has 1 aromatic heterocycles. The zero-order valence-corrected chi connectivity index (χ0v) is 17.9. The first-order valence-electron chi connectivity index (χ1n) is 8.88. The minimum Gasteiger partial charge on any atom is -0.495 e. The van der Waals surface area contributed by atoms with Crippen LogP contribution in [0.15, 0.2) is 52.9 Å². The van der Waals surface area contributed by atoms with Gasteiger partial charge in [-0.05, 0) is 47.7 Å². The van der Waals surface area contributed by atoms with Gasteiger partial charge in [-0.2, -0.15) is 0 Å². The Morgan fingerprint density at radius 2 is 1.97 bits per heavy atom. The summed E-state index contributed by atoms with van der Waals surface area (Å²) < 4.78 is 8.41.